The number of piperidine rings is 1. The molecule has 9 rings (SSSR count). The number of hydrogen-bond acceptors (Lipinski definition) is 10. The van der Waals surface area contributed by atoms with Crippen LogP contribution in [0, 0.1) is 0 Å². The van der Waals surface area contributed by atoms with Crippen molar-refractivity contribution in [3.63, 3.8) is 0 Å². The van der Waals surface area contributed by atoms with Crippen molar-refractivity contribution < 1.29 is 38.5 Å². The lowest BCUT2D eigenvalue weighted by atomic mass is 9.82. The average Bonchev–Trinajstić information content (AvgIpc) is 3.74. The fourth-order valence-corrected chi connectivity index (χ4v) is 8.75. The van der Waals surface area contributed by atoms with Crippen LogP contribution in [0.15, 0.2) is 127 Å². The van der Waals surface area contributed by atoms with Gasteiger partial charge in [0.2, 0.25) is 5.91 Å². The fourth-order valence-electron chi connectivity index (χ4n) is 8.75. The third kappa shape index (κ3) is 7.05. The van der Waals surface area contributed by atoms with Crippen molar-refractivity contribution in [3.05, 3.63) is 166 Å². The van der Waals surface area contributed by atoms with Gasteiger partial charge in [0.1, 0.15) is 5.54 Å². The molecule has 3 saturated heterocycles. The van der Waals surface area contributed by atoms with E-state index in [1.807, 2.05) is 72.8 Å². The molecule has 4 aliphatic heterocycles. The Kier molecular flexibility index (Phi) is 10.1. The highest BCUT2D eigenvalue weighted by atomic mass is 16.7. The van der Waals surface area contributed by atoms with Gasteiger partial charge in [0.15, 0.2) is 6.29 Å². The van der Waals surface area contributed by atoms with E-state index in [1.165, 1.54) is 18.2 Å². The third-order valence-corrected chi connectivity index (χ3v) is 11.8. The van der Waals surface area contributed by atoms with Crippen LogP contribution < -0.4 is 15.5 Å². The summed E-state index contributed by atoms with van der Waals surface area (Å²) in [6, 6.07) is 39.6. The number of likely N-dealkylation sites (tertiary alicyclic amines) is 1. The first kappa shape index (κ1) is 37.4. The summed E-state index contributed by atoms with van der Waals surface area (Å²) in [6.45, 7) is 2.35. The molecule has 1 spiro atoms. The number of carbonyl (C=O) groups excluding carboxylic acids is 4. The number of aliphatic hydroxyl groups excluding tert-OH is 1. The summed E-state index contributed by atoms with van der Waals surface area (Å²) >= 11 is 0. The van der Waals surface area contributed by atoms with Gasteiger partial charge in [0, 0.05) is 48.1 Å². The van der Waals surface area contributed by atoms with Crippen LogP contribution >= 0.6 is 0 Å². The monoisotopic (exact) mass is 778 g/mol. The molecule has 1 unspecified atom stereocenters. The molecule has 0 aromatic heterocycles. The Morgan fingerprint density at radius 1 is 0.759 bits per heavy atom. The Hall–Kier alpha value is -6.18. The summed E-state index contributed by atoms with van der Waals surface area (Å²) in [5.41, 5.74) is 4.73. The van der Waals surface area contributed by atoms with Crippen LogP contribution in [0.2, 0.25) is 0 Å². The Morgan fingerprint density at radius 3 is 2.21 bits per heavy atom. The highest BCUT2D eigenvalue weighted by molar-refractivity contribution is 6.16. The van der Waals surface area contributed by atoms with Crippen molar-refractivity contribution in [2.75, 3.05) is 36.5 Å². The van der Waals surface area contributed by atoms with Gasteiger partial charge < -0.3 is 39.8 Å². The van der Waals surface area contributed by atoms with Gasteiger partial charge in [-0.25, -0.2) is 9.59 Å². The number of anilines is 2. The minimum atomic E-state index is -0.824. The molecule has 4 aliphatic rings. The molecular formula is C46H42N4O8. The number of para-hydroxylation sites is 1. The van der Waals surface area contributed by atoms with Crippen LogP contribution in [-0.2, 0) is 25.6 Å². The quantitative estimate of drug-likeness (QED) is 0.118. The standard InChI is InChI=1S/C46H42N4O8/c51-27-29-14-16-31(17-15-29)40-39(30-8-3-1-4-9-30)38(26-49-22-20-46(21-23-49)45(55)47-28-50(46)35-12-5-2-6-13-35)56-44(57-40)33-10-7-11-34(24-33)48-41(52)32-18-19-36-37(25-32)43(54)58-42(36)53/h1-19,24-25,38-40,44,51H,20-23,26-28H2,(H,47,55)(H,48,52)/t38-,39-,40+,44?/m1/s1. The average molecular weight is 779 g/mol. The number of rotatable bonds is 9. The van der Waals surface area contributed by atoms with Crippen LogP contribution in [0.4, 0.5) is 11.4 Å². The van der Waals surface area contributed by atoms with Gasteiger partial charge in [-0.05, 0) is 72.0 Å². The van der Waals surface area contributed by atoms with Crippen LogP contribution in [0.5, 0.6) is 0 Å². The van der Waals surface area contributed by atoms with Crippen LogP contribution in [0.1, 0.15) is 84.5 Å². The zero-order valence-electron chi connectivity index (χ0n) is 31.6. The number of esters is 2. The highest BCUT2D eigenvalue weighted by Gasteiger charge is 2.51. The Morgan fingerprint density at radius 2 is 1.47 bits per heavy atom. The summed E-state index contributed by atoms with van der Waals surface area (Å²) in [4.78, 5) is 55.6. The van der Waals surface area contributed by atoms with Crippen molar-refractivity contribution >= 4 is 35.1 Å². The highest BCUT2D eigenvalue weighted by Crippen LogP contribution is 2.48. The number of carbonyl (C=O) groups is 4. The zero-order chi connectivity index (χ0) is 39.8. The molecule has 4 atom stereocenters. The number of amides is 2. The second kappa shape index (κ2) is 15.6. The largest absolute Gasteiger partial charge is 0.392 e. The Bertz CT molecular complexity index is 2350. The molecule has 0 bridgehead atoms. The molecule has 5 aromatic rings. The predicted octanol–water partition coefficient (Wildman–Crippen LogP) is 6.11. The Balaban J connectivity index is 1.00. The fraction of sp³-hybridized carbons (Fsp3) is 0.261. The number of aliphatic hydroxyl groups is 1. The topological polar surface area (TPSA) is 147 Å². The van der Waals surface area contributed by atoms with E-state index in [9.17, 15) is 24.3 Å². The van der Waals surface area contributed by atoms with Gasteiger partial charge in [0.25, 0.3) is 5.91 Å². The Labute approximate surface area is 335 Å². The van der Waals surface area contributed by atoms with Crippen LogP contribution in [0.25, 0.3) is 0 Å². The molecule has 3 N–H and O–H groups in total. The van der Waals surface area contributed by atoms with Crippen LogP contribution in [0.3, 0.4) is 0 Å². The maximum Gasteiger partial charge on any atom is 0.346 e. The SMILES string of the molecule is O=C(Nc1cccc(C2O[C@H](CN3CCC4(CC3)C(=O)NCN4c3ccccc3)[C@@H](c3ccccc3)[C@H](c3ccc(CO)cc3)O2)c1)c1ccc2c(c1)C(=O)OC2=O. The molecule has 0 saturated carbocycles. The molecule has 3 fully saturated rings. The van der Waals surface area contributed by atoms with Crippen molar-refractivity contribution in [1.29, 1.82) is 0 Å². The van der Waals surface area contributed by atoms with Gasteiger partial charge >= 0.3 is 11.9 Å². The van der Waals surface area contributed by atoms with Crippen molar-refractivity contribution in [3.8, 4) is 0 Å². The molecule has 4 heterocycles. The lowest BCUT2D eigenvalue weighted by Gasteiger charge is -2.47. The van der Waals surface area contributed by atoms with Crippen molar-refractivity contribution in [2.45, 2.75) is 49.4 Å². The van der Waals surface area contributed by atoms with E-state index >= 15 is 0 Å². The molecule has 12 heteroatoms. The molecule has 294 valence electrons. The summed E-state index contributed by atoms with van der Waals surface area (Å²) < 4.78 is 18.6. The molecule has 5 aromatic carbocycles. The minimum absolute atomic E-state index is 0.0522. The molecule has 2 amide bonds. The minimum Gasteiger partial charge on any atom is -0.392 e. The van der Waals surface area contributed by atoms with E-state index in [4.69, 9.17) is 9.47 Å². The van der Waals surface area contributed by atoms with E-state index in [0.717, 1.165) is 22.4 Å². The van der Waals surface area contributed by atoms with Gasteiger partial charge in [-0.15, -0.1) is 0 Å². The van der Waals surface area contributed by atoms with Gasteiger partial charge in [-0.1, -0.05) is 84.9 Å². The summed E-state index contributed by atoms with van der Waals surface area (Å²) in [7, 11) is 0. The first-order valence-electron chi connectivity index (χ1n) is 19.5. The van der Waals surface area contributed by atoms with E-state index in [1.54, 1.807) is 12.1 Å². The second-order valence-corrected chi connectivity index (χ2v) is 15.2. The summed E-state index contributed by atoms with van der Waals surface area (Å²) in [5.74, 6) is -2.14. The van der Waals surface area contributed by atoms with E-state index in [-0.39, 0.29) is 41.2 Å². The number of benzene rings is 5. The van der Waals surface area contributed by atoms with E-state index < -0.39 is 35.8 Å². The molecule has 12 nitrogen and oxygen atoms in total. The number of nitrogens with zero attached hydrogens (tertiary/aromatic N) is 2. The number of fused-ring (bicyclic) bond motifs is 1. The number of hydrogen-bond donors (Lipinski definition) is 3. The molecule has 0 aliphatic carbocycles. The van der Waals surface area contributed by atoms with E-state index in [2.05, 4.69) is 49.4 Å². The lowest BCUT2D eigenvalue weighted by Crippen LogP contribution is -2.57. The van der Waals surface area contributed by atoms with Gasteiger partial charge in [0.05, 0.1) is 36.6 Å². The second-order valence-electron chi connectivity index (χ2n) is 15.2. The van der Waals surface area contributed by atoms with Gasteiger partial charge in [-0.3, -0.25) is 9.59 Å². The number of cyclic esters (lactones) is 2. The van der Waals surface area contributed by atoms with Crippen LogP contribution in [-0.4, -0.2) is 71.7 Å². The molecule has 58 heavy (non-hydrogen) atoms. The van der Waals surface area contributed by atoms with Crippen molar-refractivity contribution in [1.82, 2.24) is 10.2 Å². The smallest absolute Gasteiger partial charge is 0.346 e. The lowest BCUT2D eigenvalue weighted by molar-refractivity contribution is -0.264. The zero-order valence-corrected chi connectivity index (χ0v) is 31.6. The maximum atomic E-state index is 13.5. The summed E-state index contributed by atoms with van der Waals surface area (Å²) in [6.07, 6.45) is -0.308. The van der Waals surface area contributed by atoms with Crippen molar-refractivity contribution in [2.24, 2.45) is 0 Å². The predicted molar refractivity (Wildman–Crippen MR) is 214 cm³/mol. The molecule has 0 radical (unpaired) electrons. The van der Waals surface area contributed by atoms with E-state index in [0.29, 0.717) is 50.4 Å². The number of ether oxygens (including phenoxy) is 3. The summed E-state index contributed by atoms with van der Waals surface area (Å²) in [5, 5.41) is 15.8. The maximum absolute atomic E-state index is 13.5. The van der Waals surface area contributed by atoms with Gasteiger partial charge in [-0.2, -0.15) is 0 Å². The number of nitrogens with one attached hydrogen (secondary N) is 2. The third-order valence-electron chi connectivity index (χ3n) is 11.8. The first-order valence-corrected chi connectivity index (χ1v) is 19.5. The normalized spacial score (nSPS) is 22.7. The first-order chi connectivity index (χ1) is 28.3. The molecular weight excluding hydrogens is 737 g/mol.